The minimum Gasteiger partial charge on any atom is -0.383 e. The second-order valence-corrected chi connectivity index (χ2v) is 7.26. The molecule has 3 rings (SSSR count). The van der Waals surface area contributed by atoms with Crippen LogP contribution in [0.15, 0.2) is 42.6 Å². The van der Waals surface area contributed by atoms with Gasteiger partial charge in [0.2, 0.25) is 5.91 Å². The fourth-order valence-electron chi connectivity index (χ4n) is 3.60. The van der Waals surface area contributed by atoms with Crippen molar-refractivity contribution in [3.8, 4) is 11.3 Å². The largest absolute Gasteiger partial charge is 0.383 e. The maximum atomic E-state index is 13.4. The molecule has 1 aliphatic rings. The Kier molecular flexibility index (Phi) is 7.30. The molecule has 1 aromatic heterocycles. The third-order valence-corrected chi connectivity index (χ3v) is 5.13. The standard InChI is InChI=1S/C22H26FN3O3/c1-29-11-10-24-21(27)16-5-3-7-19(13-16)26-22(28)17-8-9-20(25-14-17)15-4-2-6-18(23)12-15/h2,4,6,8-9,12,14,16,19H,3,5,7,10-11,13H2,1H3,(H,24,27)(H,26,28)/t16-,19-/m0/s1. The van der Waals surface area contributed by atoms with Crippen LogP contribution in [0, 0.1) is 11.7 Å². The zero-order valence-electron chi connectivity index (χ0n) is 16.5. The lowest BCUT2D eigenvalue weighted by Crippen LogP contribution is -2.43. The number of carbonyl (C=O) groups is 2. The Morgan fingerprint density at radius 1 is 1.24 bits per heavy atom. The minimum atomic E-state index is -0.329. The molecule has 6 nitrogen and oxygen atoms in total. The van der Waals surface area contributed by atoms with Crippen molar-refractivity contribution in [3.63, 3.8) is 0 Å². The minimum absolute atomic E-state index is 0.0158. The van der Waals surface area contributed by atoms with Crippen molar-refractivity contribution in [2.24, 2.45) is 5.92 Å². The Labute approximate surface area is 169 Å². The van der Waals surface area contributed by atoms with E-state index in [1.54, 1.807) is 31.4 Å². The van der Waals surface area contributed by atoms with Gasteiger partial charge in [-0.05, 0) is 43.5 Å². The molecule has 2 atom stereocenters. The number of carbonyl (C=O) groups excluding carboxylic acids is 2. The maximum absolute atomic E-state index is 13.4. The van der Waals surface area contributed by atoms with Crippen molar-refractivity contribution in [1.29, 1.82) is 0 Å². The van der Waals surface area contributed by atoms with Crippen molar-refractivity contribution < 1.29 is 18.7 Å². The van der Waals surface area contributed by atoms with Crippen LogP contribution < -0.4 is 10.6 Å². The van der Waals surface area contributed by atoms with Crippen molar-refractivity contribution in [2.75, 3.05) is 20.3 Å². The SMILES string of the molecule is COCCNC(=O)[C@H]1CCC[C@H](NC(=O)c2ccc(-c3cccc(F)c3)nc2)C1. The summed E-state index contributed by atoms with van der Waals surface area (Å²) in [6.45, 7) is 0.976. The summed E-state index contributed by atoms with van der Waals surface area (Å²) in [5.74, 6) is -0.626. The zero-order valence-corrected chi connectivity index (χ0v) is 16.5. The van der Waals surface area contributed by atoms with E-state index in [1.165, 1.54) is 18.3 Å². The number of nitrogens with one attached hydrogen (secondary N) is 2. The van der Waals surface area contributed by atoms with Gasteiger partial charge in [0.25, 0.3) is 5.91 Å². The first kappa shape index (κ1) is 20.9. The highest BCUT2D eigenvalue weighted by Gasteiger charge is 2.28. The van der Waals surface area contributed by atoms with Gasteiger partial charge in [-0.3, -0.25) is 14.6 Å². The van der Waals surface area contributed by atoms with E-state index < -0.39 is 0 Å². The van der Waals surface area contributed by atoms with Crippen LogP contribution in [0.3, 0.4) is 0 Å². The van der Waals surface area contributed by atoms with Crippen LogP contribution in [0.5, 0.6) is 0 Å². The molecule has 0 bridgehead atoms. The molecule has 0 saturated heterocycles. The van der Waals surface area contributed by atoms with Gasteiger partial charge >= 0.3 is 0 Å². The van der Waals surface area contributed by atoms with Gasteiger partial charge in [-0.1, -0.05) is 18.6 Å². The summed E-state index contributed by atoms with van der Waals surface area (Å²) in [6.07, 6.45) is 4.69. The van der Waals surface area contributed by atoms with Gasteiger partial charge in [0.05, 0.1) is 17.9 Å². The summed E-state index contributed by atoms with van der Waals surface area (Å²) in [6, 6.07) is 9.51. The topological polar surface area (TPSA) is 80.3 Å². The fourth-order valence-corrected chi connectivity index (χ4v) is 3.60. The van der Waals surface area contributed by atoms with Crippen LogP contribution in [0.25, 0.3) is 11.3 Å². The van der Waals surface area contributed by atoms with E-state index in [9.17, 15) is 14.0 Å². The first-order valence-corrected chi connectivity index (χ1v) is 9.86. The molecule has 7 heteroatoms. The summed E-state index contributed by atoms with van der Waals surface area (Å²) in [7, 11) is 1.60. The van der Waals surface area contributed by atoms with Gasteiger partial charge < -0.3 is 15.4 Å². The first-order chi connectivity index (χ1) is 14.1. The average Bonchev–Trinajstić information content (AvgIpc) is 2.74. The van der Waals surface area contributed by atoms with E-state index in [4.69, 9.17) is 4.74 Å². The molecule has 0 spiro atoms. The molecule has 1 fully saturated rings. The predicted octanol–water partition coefficient (Wildman–Crippen LogP) is 2.94. The van der Waals surface area contributed by atoms with E-state index in [0.29, 0.717) is 36.4 Å². The smallest absolute Gasteiger partial charge is 0.253 e. The van der Waals surface area contributed by atoms with Crippen molar-refractivity contribution in [1.82, 2.24) is 15.6 Å². The summed E-state index contributed by atoms with van der Waals surface area (Å²) in [4.78, 5) is 29.1. The molecule has 0 aliphatic heterocycles. The van der Waals surface area contributed by atoms with Gasteiger partial charge in [-0.2, -0.15) is 0 Å². The quantitative estimate of drug-likeness (QED) is 0.702. The Hall–Kier alpha value is -2.80. The number of rotatable bonds is 7. The van der Waals surface area contributed by atoms with Gasteiger partial charge in [0.1, 0.15) is 5.82 Å². The molecule has 154 valence electrons. The third kappa shape index (κ3) is 5.84. The average molecular weight is 399 g/mol. The second-order valence-electron chi connectivity index (χ2n) is 7.26. The van der Waals surface area contributed by atoms with Gasteiger partial charge in [-0.25, -0.2) is 4.39 Å². The van der Waals surface area contributed by atoms with Crippen molar-refractivity contribution >= 4 is 11.8 Å². The molecule has 1 aliphatic carbocycles. The predicted molar refractivity (Wildman–Crippen MR) is 108 cm³/mol. The van der Waals surface area contributed by atoms with Crippen LogP contribution in [0.1, 0.15) is 36.0 Å². The van der Waals surface area contributed by atoms with Crippen LogP contribution in [-0.2, 0) is 9.53 Å². The molecule has 2 aromatic rings. The Balaban J connectivity index is 1.56. The van der Waals surface area contributed by atoms with E-state index in [-0.39, 0.29) is 29.6 Å². The van der Waals surface area contributed by atoms with E-state index >= 15 is 0 Å². The highest BCUT2D eigenvalue weighted by atomic mass is 19.1. The number of pyridine rings is 1. The van der Waals surface area contributed by atoms with Crippen LogP contribution >= 0.6 is 0 Å². The number of halogens is 1. The molecule has 0 radical (unpaired) electrons. The van der Waals surface area contributed by atoms with Crippen LogP contribution in [0.4, 0.5) is 4.39 Å². The van der Waals surface area contributed by atoms with Crippen LogP contribution in [0.2, 0.25) is 0 Å². The summed E-state index contributed by atoms with van der Waals surface area (Å²) in [5, 5.41) is 5.88. The molecule has 1 saturated carbocycles. The summed E-state index contributed by atoms with van der Waals surface area (Å²) < 4.78 is 18.3. The number of nitrogens with zero attached hydrogens (tertiary/aromatic N) is 1. The lowest BCUT2D eigenvalue weighted by Gasteiger charge is -2.29. The monoisotopic (exact) mass is 399 g/mol. The van der Waals surface area contributed by atoms with Crippen molar-refractivity contribution in [2.45, 2.75) is 31.7 Å². The van der Waals surface area contributed by atoms with E-state index in [0.717, 1.165) is 19.3 Å². The molecule has 1 heterocycles. The second kappa shape index (κ2) is 10.1. The molecule has 0 unspecified atom stereocenters. The summed E-state index contributed by atoms with van der Waals surface area (Å²) in [5.41, 5.74) is 1.70. The number of benzene rings is 1. The van der Waals surface area contributed by atoms with Crippen molar-refractivity contribution in [3.05, 3.63) is 54.0 Å². The Morgan fingerprint density at radius 2 is 2.10 bits per heavy atom. The van der Waals surface area contributed by atoms with Crippen LogP contribution in [-0.4, -0.2) is 43.1 Å². The lowest BCUT2D eigenvalue weighted by atomic mass is 9.85. The maximum Gasteiger partial charge on any atom is 0.253 e. The molecular weight excluding hydrogens is 373 g/mol. The number of methoxy groups -OCH3 is 1. The number of ether oxygens (including phenoxy) is 1. The molecule has 29 heavy (non-hydrogen) atoms. The molecule has 2 amide bonds. The lowest BCUT2D eigenvalue weighted by molar-refractivity contribution is -0.126. The number of hydrogen-bond donors (Lipinski definition) is 2. The van der Waals surface area contributed by atoms with E-state index in [1.807, 2.05) is 0 Å². The normalized spacial score (nSPS) is 18.8. The first-order valence-electron chi connectivity index (χ1n) is 9.86. The fraction of sp³-hybridized carbons (Fsp3) is 0.409. The summed E-state index contributed by atoms with van der Waals surface area (Å²) >= 11 is 0. The highest BCUT2D eigenvalue weighted by Crippen LogP contribution is 2.25. The highest BCUT2D eigenvalue weighted by molar-refractivity contribution is 5.94. The molecule has 2 N–H and O–H groups in total. The number of hydrogen-bond acceptors (Lipinski definition) is 4. The number of aromatic nitrogens is 1. The van der Waals surface area contributed by atoms with Gasteiger partial charge in [0.15, 0.2) is 0 Å². The Bertz CT molecular complexity index is 841. The Morgan fingerprint density at radius 3 is 2.83 bits per heavy atom. The number of amides is 2. The zero-order chi connectivity index (χ0) is 20.6. The van der Waals surface area contributed by atoms with Gasteiger partial charge in [-0.15, -0.1) is 0 Å². The van der Waals surface area contributed by atoms with Gasteiger partial charge in [0, 0.05) is 37.4 Å². The van der Waals surface area contributed by atoms with E-state index in [2.05, 4.69) is 15.6 Å². The third-order valence-electron chi connectivity index (χ3n) is 5.13. The molecular formula is C22H26FN3O3. The molecule has 1 aromatic carbocycles.